The predicted molar refractivity (Wildman–Crippen MR) is 145 cm³/mol. The van der Waals surface area contributed by atoms with Crippen LogP contribution in [0.2, 0.25) is 0 Å². The van der Waals surface area contributed by atoms with Gasteiger partial charge in [-0.05, 0) is 74.6 Å². The minimum atomic E-state index is -5.08. The fourth-order valence-electron chi connectivity index (χ4n) is 4.61. The zero-order valence-electron chi connectivity index (χ0n) is 21.8. The molecule has 1 atom stereocenters. The SMILES string of the molecule is O=C(NCC1CC1)c1c(NC(=O)C2CC2)sc2c1CC(C(=O)Nc1ccc3[nH]ncc3c1)CC2.O=C(O)C(F)(F)F. The van der Waals surface area contributed by atoms with Gasteiger partial charge in [-0.3, -0.25) is 19.5 Å². The molecule has 0 saturated heterocycles. The Morgan fingerprint density at radius 2 is 1.73 bits per heavy atom. The number of carboxylic acids is 1. The number of aryl methyl sites for hydroxylation is 1. The standard InChI is InChI=1S/C25H27N5O3S.C2HF3O2/c31-22(14-3-4-14)29-25-21(24(33)26-11-13-1-2-13)18-10-15(5-8-20(18)34-25)23(32)28-17-6-7-19-16(9-17)12-27-30-19;3-2(4,5)1(6)7/h6-7,9,12-15H,1-5,8,10-11H2,(H,26,33)(H,27,30)(H,28,32)(H,29,31);(H,6,7). The summed E-state index contributed by atoms with van der Waals surface area (Å²) in [5.74, 6) is -2.55. The Bertz CT molecular complexity index is 1490. The number of carboxylic acid groups (broad SMARTS) is 1. The van der Waals surface area contributed by atoms with Crippen LogP contribution in [0.3, 0.4) is 0 Å². The van der Waals surface area contributed by atoms with Gasteiger partial charge in [-0.2, -0.15) is 18.3 Å². The van der Waals surface area contributed by atoms with Gasteiger partial charge >= 0.3 is 12.1 Å². The first-order valence-corrected chi connectivity index (χ1v) is 14.1. The monoisotopic (exact) mass is 591 g/mol. The van der Waals surface area contributed by atoms with Crippen molar-refractivity contribution in [1.29, 1.82) is 0 Å². The summed E-state index contributed by atoms with van der Waals surface area (Å²) in [4.78, 5) is 48.8. The lowest BCUT2D eigenvalue weighted by Crippen LogP contribution is -2.31. The molecule has 2 fully saturated rings. The van der Waals surface area contributed by atoms with Crippen molar-refractivity contribution in [1.82, 2.24) is 15.5 Å². The van der Waals surface area contributed by atoms with Gasteiger partial charge in [0.15, 0.2) is 0 Å². The number of aliphatic carboxylic acids is 1. The molecule has 0 spiro atoms. The van der Waals surface area contributed by atoms with Crippen molar-refractivity contribution in [3.8, 4) is 0 Å². The third kappa shape index (κ3) is 7.04. The molecule has 0 bridgehead atoms. The molecule has 2 aromatic heterocycles. The maximum atomic E-state index is 13.2. The van der Waals surface area contributed by atoms with E-state index in [4.69, 9.17) is 9.90 Å². The highest BCUT2D eigenvalue weighted by Gasteiger charge is 2.38. The largest absolute Gasteiger partial charge is 0.490 e. The van der Waals surface area contributed by atoms with Crippen molar-refractivity contribution in [2.24, 2.45) is 17.8 Å². The highest BCUT2D eigenvalue weighted by molar-refractivity contribution is 7.17. The summed E-state index contributed by atoms with van der Waals surface area (Å²) in [6, 6.07) is 5.66. The summed E-state index contributed by atoms with van der Waals surface area (Å²) in [5.41, 5.74) is 3.13. The molecular weight excluding hydrogens is 563 g/mol. The first kappa shape index (κ1) is 28.6. The second-order valence-corrected chi connectivity index (χ2v) is 11.6. The average molecular weight is 592 g/mol. The lowest BCUT2D eigenvalue weighted by Gasteiger charge is -2.22. The maximum Gasteiger partial charge on any atom is 0.490 e. The van der Waals surface area contributed by atoms with Crippen molar-refractivity contribution in [2.75, 3.05) is 17.2 Å². The Morgan fingerprint density at radius 1 is 1.02 bits per heavy atom. The number of alkyl halides is 3. The Morgan fingerprint density at radius 3 is 2.39 bits per heavy atom. The number of aromatic amines is 1. The molecule has 14 heteroatoms. The van der Waals surface area contributed by atoms with E-state index in [-0.39, 0.29) is 29.6 Å². The van der Waals surface area contributed by atoms with E-state index in [1.54, 1.807) is 6.20 Å². The van der Waals surface area contributed by atoms with Crippen molar-refractivity contribution in [2.45, 2.75) is 51.1 Å². The van der Waals surface area contributed by atoms with Gasteiger partial charge in [0.05, 0.1) is 17.3 Å². The quantitative estimate of drug-likeness (QED) is 0.273. The fourth-order valence-corrected chi connectivity index (χ4v) is 5.85. The number of rotatable bonds is 7. The fraction of sp³-hybridized carbons (Fsp3) is 0.444. The zero-order chi connectivity index (χ0) is 29.3. The molecular formula is C27H28F3N5O5S. The zero-order valence-corrected chi connectivity index (χ0v) is 22.6. The summed E-state index contributed by atoms with van der Waals surface area (Å²) < 4.78 is 31.7. The van der Waals surface area contributed by atoms with Gasteiger partial charge in [0.25, 0.3) is 5.91 Å². The van der Waals surface area contributed by atoms with Crippen LogP contribution in [0.25, 0.3) is 10.9 Å². The first-order chi connectivity index (χ1) is 19.5. The van der Waals surface area contributed by atoms with Crippen LogP contribution in [0.5, 0.6) is 0 Å². The van der Waals surface area contributed by atoms with E-state index >= 15 is 0 Å². The molecule has 2 heterocycles. The number of carbonyl (C=O) groups is 4. The van der Waals surface area contributed by atoms with E-state index in [9.17, 15) is 27.6 Å². The molecule has 0 aliphatic heterocycles. The molecule has 3 aliphatic rings. The van der Waals surface area contributed by atoms with Crippen LogP contribution in [0.4, 0.5) is 23.9 Å². The van der Waals surface area contributed by atoms with Crippen LogP contribution in [-0.4, -0.2) is 51.7 Å². The number of aromatic nitrogens is 2. The molecule has 3 aromatic rings. The van der Waals surface area contributed by atoms with E-state index in [1.807, 2.05) is 18.2 Å². The van der Waals surface area contributed by atoms with Crippen LogP contribution >= 0.6 is 11.3 Å². The number of halogens is 3. The van der Waals surface area contributed by atoms with Gasteiger partial charge in [-0.25, -0.2) is 4.79 Å². The number of thiophene rings is 1. The van der Waals surface area contributed by atoms with E-state index < -0.39 is 12.1 Å². The predicted octanol–water partition coefficient (Wildman–Crippen LogP) is 4.49. The smallest absolute Gasteiger partial charge is 0.475 e. The Hall–Kier alpha value is -3.94. The van der Waals surface area contributed by atoms with Crippen LogP contribution in [0.15, 0.2) is 24.4 Å². The van der Waals surface area contributed by atoms with Gasteiger partial charge < -0.3 is 21.1 Å². The molecule has 41 heavy (non-hydrogen) atoms. The van der Waals surface area contributed by atoms with Crippen LogP contribution < -0.4 is 16.0 Å². The third-order valence-corrected chi connectivity index (χ3v) is 8.45. The molecule has 2 saturated carbocycles. The number of benzene rings is 1. The van der Waals surface area contributed by atoms with Gasteiger partial charge in [0, 0.05) is 34.3 Å². The summed E-state index contributed by atoms with van der Waals surface area (Å²) in [6.07, 6.45) is 2.71. The van der Waals surface area contributed by atoms with Crippen molar-refractivity contribution in [3.63, 3.8) is 0 Å². The number of nitrogens with zero attached hydrogens (tertiary/aromatic N) is 1. The van der Waals surface area contributed by atoms with Crippen molar-refractivity contribution >= 4 is 56.6 Å². The molecule has 10 nitrogen and oxygen atoms in total. The second-order valence-electron chi connectivity index (χ2n) is 10.5. The van der Waals surface area contributed by atoms with E-state index in [1.165, 1.54) is 11.3 Å². The summed E-state index contributed by atoms with van der Waals surface area (Å²) in [6.45, 7) is 0.667. The number of hydrogen-bond donors (Lipinski definition) is 5. The van der Waals surface area contributed by atoms with Gasteiger partial charge in [-0.15, -0.1) is 11.3 Å². The van der Waals surface area contributed by atoms with Crippen molar-refractivity contribution in [3.05, 3.63) is 40.4 Å². The van der Waals surface area contributed by atoms with Gasteiger partial charge in [0.2, 0.25) is 11.8 Å². The molecule has 218 valence electrons. The molecule has 3 aliphatic carbocycles. The van der Waals surface area contributed by atoms with Gasteiger partial charge in [0.1, 0.15) is 5.00 Å². The van der Waals surface area contributed by atoms with Crippen LogP contribution in [-0.2, 0) is 27.2 Å². The highest BCUT2D eigenvalue weighted by atomic mass is 32.1. The number of H-pyrrole nitrogens is 1. The number of carbonyl (C=O) groups excluding carboxylic acids is 3. The normalized spacial score (nSPS) is 18.1. The Kier molecular flexibility index (Phi) is 8.02. The lowest BCUT2D eigenvalue weighted by molar-refractivity contribution is -0.192. The van der Waals surface area contributed by atoms with Crippen LogP contribution in [0, 0.1) is 17.8 Å². The molecule has 3 amide bonds. The molecule has 1 aromatic carbocycles. The average Bonchev–Trinajstić information content (AvgIpc) is 3.85. The topological polar surface area (TPSA) is 153 Å². The number of nitrogens with one attached hydrogen (secondary N) is 4. The molecule has 5 N–H and O–H groups in total. The van der Waals surface area contributed by atoms with E-state index in [0.717, 1.165) is 59.1 Å². The Labute approximate surface area is 236 Å². The van der Waals surface area contributed by atoms with E-state index in [0.29, 0.717) is 35.9 Å². The number of amides is 3. The summed E-state index contributed by atoms with van der Waals surface area (Å²) >= 11 is 1.50. The summed E-state index contributed by atoms with van der Waals surface area (Å²) in [7, 11) is 0. The minimum Gasteiger partial charge on any atom is -0.475 e. The minimum absolute atomic E-state index is 0.00114. The summed E-state index contributed by atoms with van der Waals surface area (Å²) in [5, 5.41) is 24.8. The van der Waals surface area contributed by atoms with Gasteiger partial charge in [-0.1, -0.05) is 0 Å². The highest BCUT2D eigenvalue weighted by Crippen LogP contribution is 2.41. The Balaban J connectivity index is 0.000000431. The second kappa shape index (κ2) is 11.5. The maximum absolute atomic E-state index is 13.2. The number of fused-ring (bicyclic) bond motifs is 2. The number of anilines is 2. The van der Waals surface area contributed by atoms with Crippen molar-refractivity contribution < 1.29 is 37.5 Å². The molecule has 1 unspecified atom stereocenters. The molecule has 0 radical (unpaired) electrons. The molecule has 6 rings (SSSR count). The first-order valence-electron chi connectivity index (χ1n) is 13.3. The van der Waals surface area contributed by atoms with Crippen LogP contribution in [0.1, 0.15) is 52.9 Å². The third-order valence-electron chi connectivity index (χ3n) is 7.24. The van der Waals surface area contributed by atoms with E-state index in [2.05, 4.69) is 26.1 Å². The number of hydrogen-bond acceptors (Lipinski definition) is 6. The lowest BCUT2D eigenvalue weighted by atomic mass is 9.85.